The van der Waals surface area contributed by atoms with Crippen molar-refractivity contribution in [1.82, 2.24) is 19.9 Å². The lowest BCUT2D eigenvalue weighted by atomic mass is 10.2. The van der Waals surface area contributed by atoms with Crippen LogP contribution in [0.5, 0.6) is 0 Å². The largest absolute Gasteiger partial charge is 0.459 e. The van der Waals surface area contributed by atoms with Gasteiger partial charge in [0.25, 0.3) is 0 Å². The van der Waals surface area contributed by atoms with Crippen LogP contribution in [0.25, 0.3) is 11.2 Å². The summed E-state index contributed by atoms with van der Waals surface area (Å²) in [5.41, 5.74) is 0.647. The normalized spacial score (nSPS) is 11.8. The van der Waals surface area contributed by atoms with Crippen molar-refractivity contribution in [3.8, 4) is 0 Å². The zero-order valence-corrected chi connectivity index (χ0v) is 12.3. The molecule has 0 atom stereocenters. The average molecular weight is 301 g/mol. The highest BCUT2D eigenvalue weighted by Crippen LogP contribution is 2.24. The summed E-state index contributed by atoms with van der Waals surface area (Å²) in [5, 5.41) is 0.685. The van der Waals surface area contributed by atoms with Gasteiger partial charge in [-0.05, 0) is 32.4 Å². The number of carbonyl (C=O) groups is 1. The lowest BCUT2D eigenvalue weighted by Crippen LogP contribution is -2.24. The van der Waals surface area contributed by atoms with Crippen molar-refractivity contribution in [1.29, 1.82) is 0 Å². The molecule has 0 unspecified atom stereocenters. The third-order valence-corrected chi connectivity index (χ3v) is 3.09. The molecule has 0 aliphatic carbocycles. The van der Waals surface area contributed by atoms with Gasteiger partial charge in [-0.1, -0.05) is 11.8 Å². The minimum atomic E-state index is -0.496. The number of esters is 1. The average Bonchev–Trinajstić information content (AvgIpc) is 2.71. The Labute approximate surface area is 119 Å². The van der Waals surface area contributed by atoms with Gasteiger partial charge in [0.2, 0.25) is 5.28 Å². The van der Waals surface area contributed by atoms with E-state index < -0.39 is 5.60 Å². The molecule has 2 aromatic rings. The van der Waals surface area contributed by atoms with Crippen LogP contribution >= 0.6 is 23.4 Å². The van der Waals surface area contributed by atoms with E-state index in [0.29, 0.717) is 16.2 Å². The maximum Gasteiger partial charge on any atom is 0.316 e. The number of rotatable bonds is 3. The van der Waals surface area contributed by atoms with Crippen molar-refractivity contribution in [2.24, 2.45) is 0 Å². The first-order valence-corrected chi connectivity index (χ1v) is 6.93. The van der Waals surface area contributed by atoms with Gasteiger partial charge < -0.3 is 9.72 Å². The van der Waals surface area contributed by atoms with E-state index >= 15 is 0 Å². The van der Waals surface area contributed by atoms with Gasteiger partial charge in [-0.15, -0.1) is 0 Å². The smallest absolute Gasteiger partial charge is 0.316 e. The van der Waals surface area contributed by atoms with E-state index in [2.05, 4.69) is 19.9 Å². The van der Waals surface area contributed by atoms with E-state index in [9.17, 15) is 4.79 Å². The summed E-state index contributed by atoms with van der Waals surface area (Å²) >= 11 is 7.03. The van der Waals surface area contributed by atoms with Crippen molar-refractivity contribution in [2.75, 3.05) is 5.75 Å². The van der Waals surface area contributed by atoms with Crippen molar-refractivity contribution in [3.63, 3.8) is 0 Å². The SMILES string of the molecule is CC(C)(C)OC(=O)CSc1nc(Cl)nc2nc[nH]c12. The van der Waals surface area contributed by atoms with E-state index in [-0.39, 0.29) is 17.0 Å². The van der Waals surface area contributed by atoms with Crippen LogP contribution in [0, 0.1) is 0 Å². The molecule has 0 spiro atoms. The number of imidazole rings is 1. The second kappa shape index (κ2) is 5.34. The summed E-state index contributed by atoms with van der Waals surface area (Å²) in [6.45, 7) is 5.47. The van der Waals surface area contributed by atoms with Gasteiger partial charge in [0.1, 0.15) is 16.1 Å². The molecule has 0 bridgehead atoms. The van der Waals surface area contributed by atoms with Crippen LogP contribution in [0.2, 0.25) is 5.28 Å². The maximum absolute atomic E-state index is 11.6. The Bertz CT molecular complexity index is 608. The van der Waals surface area contributed by atoms with Gasteiger partial charge in [0, 0.05) is 0 Å². The van der Waals surface area contributed by atoms with Crippen molar-refractivity contribution in [3.05, 3.63) is 11.6 Å². The number of fused-ring (bicyclic) bond motifs is 1. The van der Waals surface area contributed by atoms with Crippen molar-refractivity contribution < 1.29 is 9.53 Å². The first-order chi connectivity index (χ1) is 8.85. The van der Waals surface area contributed by atoms with E-state index in [1.807, 2.05) is 20.8 Å². The number of carbonyl (C=O) groups excluding carboxylic acids is 1. The summed E-state index contributed by atoms with van der Waals surface area (Å²) in [4.78, 5) is 26.6. The number of nitrogens with zero attached hydrogens (tertiary/aromatic N) is 3. The zero-order valence-electron chi connectivity index (χ0n) is 10.7. The molecule has 2 heterocycles. The van der Waals surface area contributed by atoms with Crippen LogP contribution in [-0.2, 0) is 9.53 Å². The standard InChI is InChI=1S/C11H13ClN4O2S/c1-11(2,3)18-6(17)4-19-9-7-8(14-5-13-7)15-10(12)16-9/h5H,4H2,1-3H3,(H,13,14,15,16). The highest BCUT2D eigenvalue weighted by atomic mass is 35.5. The number of aromatic amines is 1. The zero-order chi connectivity index (χ0) is 14.0. The Kier molecular flexibility index (Phi) is 3.96. The van der Waals surface area contributed by atoms with E-state index in [4.69, 9.17) is 16.3 Å². The molecular weight excluding hydrogens is 288 g/mol. The third-order valence-electron chi connectivity index (χ3n) is 1.97. The molecule has 0 aromatic carbocycles. The molecule has 1 N–H and O–H groups in total. The Morgan fingerprint density at radius 1 is 1.47 bits per heavy atom. The predicted molar refractivity (Wildman–Crippen MR) is 73.3 cm³/mol. The minimum Gasteiger partial charge on any atom is -0.459 e. The van der Waals surface area contributed by atoms with Crippen LogP contribution in [0.3, 0.4) is 0 Å². The molecule has 0 aliphatic rings. The first kappa shape index (κ1) is 14.1. The molecule has 8 heteroatoms. The fourth-order valence-corrected chi connectivity index (χ4v) is 2.36. The Hall–Kier alpha value is -1.34. The van der Waals surface area contributed by atoms with Gasteiger partial charge in [-0.25, -0.2) is 9.97 Å². The molecule has 6 nitrogen and oxygen atoms in total. The molecule has 0 saturated heterocycles. The predicted octanol–water partition coefficient (Wildman–Crippen LogP) is 2.44. The summed E-state index contributed by atoms with van der Waals surface area (Å²) in [6.07, 6.45) is 1.51. The van der Waals surface area contributed by atoms with Gasteiger partial charge in [0.15, 0.2) is 5.65 Å². The van der Waals surface area contributed by atoms with Crippen LogP contribution < -0.4 is 0 Å². The minimum absolute atomic E-state index is 0.103. The molecule has 0 amide bonds. The number of H-pyrrole nitrogens is 1. The molecule has 2 aromatic heterocycles. The number of hydrogen-bond acceptors (Lipinski definition) is 6. The number of nitrogens with one attached hydrogen (secondary N) is 1. The number of aromatic nitrogens is 4. The van der Waals surface area contributed by atoms with Crippen LogP contribution in [0.15, 0.2) is 11.4 Å². The highest BCUT2D eigenvalue weighted by molar-refractivity contribution is 8.00. The summed E-state index contributed by atoms with van der Waals surface area (Å²) < 4.78 is 5.22. The van der Waals surface area contributed by atoms with Crippen LogP contribution in [0.1, 0.15) is 20.8 Å². The molecule has 0 radical (unpaired) electrons. The van der Waals surface area contributed by atoms with Gasteiger partial charge in [-0.2, -0.15) is 4.98 Å². The maximum atomic E-state index is 11.6. The van der Waals surface area contributed by atoms with E-state index in [0.717, 1.165) is 0 Å². The third kappa shape index (κ3) is 3.81. The van der Waals surface area contributed by atoms with Crippen molar-refractivity contribution >= 4 is 40.5 Å². The summed E-state index contributed by atoms with van der Waals surface area (Å²) in [7, 11) is 0. The van der Waals surface area contributed by atoms with Gasteiger partial charge in [0.05, 0.1) is 12.1 Å². The number of ether oxygens (including phenoxy) is 1. The molecule has 2 rings (SSSR count). The molecule has 19 heavy (non-hydrogen) atoms. The number of halogens is 1. The Morgan fingerprint density at radius 2 is 2.21 bits per heavy atom. The Morgan fingerprint density at radius 3 is 2.89 bits per heavy atom. The van der Waals surface area contributed by atoms with Gasteiger partial charge in [-0.3, -0.25) is 4.79 Å². The monoisotopic (exact) mass is 300 g/mol. The molecule has 0 aliphatic heterocycles. The number of thioether (sulfide) groups is 1. The number of hydrogen-bond donors (Lipinski definition) is 1. The fraction of sp³-hybridized carbons (Fsp3) is 0.455. The molecule has 0 saturated carbocycles. The molecular formula is C11H13ClN4O2S. The second-order valence-electron chi connectivity index (χ2n) is 4.77. The van der Waals surface area contributed by atoms with Crippen LogP contribution in [0.4, 0.5) is 0 Å². The topological polar surface area (TPSA) is 80.8 Å². The second-order valence-corrected chi connectivity index (χ2v) is 6.08. The quantitative estimate of drug-likeness (QED) is 0.406. The van der Waals surface area contributed by atoms with Crippen LogP contribution in [-0.4, -0.2) is 37.3 Å². The van der Waals surface area contributed by atoms with E-state index in [1.54, 1.807) is 0 Å². The molecule has 0 fully saturated rings. The Balaban J connectivity index is 2.09. The fourth-order valence-electron chi connectivity index (χ4n) is 1.38. The summed E-state index contributed by atoms with van der Waals surface area (Å²) in [6, 6.07) is 0. The first-order valence-electron chi connectivity index (χ1n) is 5.56. The summed E-state index contributed by atoms with van der Waals surface area (Å²) in [5.74, 6) is -0.154. The molecule has 102 valence electrons. The van der Waals surface area contributed by atoms with E-state index in [1.165, 1.54) is 18.1 Å². The highest BCUT2D eigenvalue weighted by Gasteiger charge is 2.17. The lowest BCUT2D eigenvalue weighted by Gasteiger charge is -2.19. The van der Waals surface area contributed by atoms with Crippen molar-refractivity contribution in [2.45, 2.75) is 31.4 Å². The lowest BCUT2D eigenvalue weighted by molar-refractivity contribution is -0.151. The van der Waals surface area contributed by atoms with Gasteiger partial charge >= 0.3 is 5.97 Å².